The van der Waals surface area contributed by atoms with E-state index in [1.54, 1.807) is 6.20 Å². The van der Waals surface area contributed by atoms with Gasteiger partial charge in [0.1, 0.15) is 22.4 Å². The Morgan fingerprint density at radius 1 is 1.07 bits per heavy atom. The van der Waals surface area contributed by atoms with E-state index in [9.17, 15) is 0 Å². The van der Waals surface area contributed by atoms with E-state index in [-0.39, 0.29) is 0 Å². The molecule has 0 radical (unpaired) electrons. The maximum absolute atomic E-state index is 6.31. The molecule has 0 saturated carbocycles. The third-order valence-corrected chi connectivity index (χ3v) is 6.09. The highest BCUT2D eigenvalue weighted by atomic mass is 35.5. The number of rotatable bonds is 10. The van der Waals surface area contributed by atoms with E-state index in [0.29, 0.717) is 29.8 Å². The molecule has 3 aromatic rings. The van der Waals surface area contributed by atoms with Crippen molar-refractivity contribution < 1.29 is 4.74 Å². The van der Waals surface area contributed by atoms with Crippen LogP contribution in [0.15, 0.2) is 36.8 Å². The second-order valence-electron chi connectivity index (χ2n) is 6.86. The molecule has 3 rings (SSSR count). The van der Waals surface area contributed by atoms with Crippen molar-refractivity contribution in [1.82, 2.24) is 19.9 Å². The van der Waals surface area contributed by atoms with Gasteiger partial charge in [-0.05, 0) is 56.7 Å². The molecule has 0 aromatic carbocycles. The Morgan fingerprint density at radius 2 is 1.87 bits per heavy atom. The van der Waals surface area contributed by atoms with Gasteiger partial charge in [0.25, 0.3) is 0 Å². The fourth-order valence-electron chi connectivity index (χ4n) is 2.89. The van der Waals surface area contributed by atoms with Gasteiger partial charge >= 0.3 is 0 Å². The largest absolute Gasteiger partial charge is 0.493 e. The summed E-state index contributed by atoms with van der Waals surface area (Å²) in [6, 6.07) is 6.02. The number of hydrogen-bond acceptors (Lipinski definition) is 7. The van der Waals surface area contributed by atoms with Crippen molar-refractivity contribution in [2.45, 2.75) is 39.5 Å². The lowest BCUT2D eigenvalue weighted by atomic mass is 10.2. The number of hydrogen-bond donors (Lipinski definition) is 1. The minimum absolute atomic E-state index is 0.514. The predicted octanol–water partition coefficient (Wildman–Crippen LogP) is 5.16. The summed E-state index contributed by atoms with van der Waals surface area (Å²) >= 11 is 8.22. The quantitative estimate of drug-likeness (QED) is 0.434. The minimum atomic E-state index is 0.514. The zero-order valence-electron chi connectivity index (χ0n) is 17.5. The maximum atomic E-state index is 6.31. The van der Waals surface area contributed by atoms with E-state index in [1.165, 1.54) is 5.56 Å². The molecule has 0 fully saturated rings. The average Bonchev–Trinajstić information content (AvgIpc) is 2.74. The van der Waals surface area contributed by atoms with Crippen LogP contribution in [-0.2, 0) is 12.3 Å². The summed E-state index contributed by atoms with van der Waals surface area (Å²) in [6.07, 6.45) is 6.42. The van der Waals surface area contributed by atoms with Crippen molar-refractivity contribution in [3.63, 3.8) is 0 Å². The molecule has 3 heterocycles. The Balaban J connectivity index is 1.47. The Kier molecular flexibility index (Phi) is 8.28. The molecule has 0 aliphatic heterocycles. The van der Waals surface area contributed by atoms with Crippen LogP contribution in [0.3, 0.4) is 0 Å². The second kappa shape index (κ2) is 11.1. The van der Waals surface area contributed by atoms with E-state index in [4.69, 9.17) is 16.3 Å². The number of pyridine rings is 2. The first kappa shape index (κ1) is 22.3. The monoisotopic (exact) mass is 443 g/mol. The Hall–Kier alpha value is -2.38. The first-order valence-corrected chi connectivity index (χ1v) is 11.4. The van der Waals surface area contributed by atoms with Crippen molar-refractivity contribution in [2.75, 3.05) is 17.7 Å². The topological polar surface area (TPSA) is 72.8 Å². The summed E-state index contributed by atoms with van der Waals surface area (Å²) in [5.41, 5.74) is 3.99. The lowest BCUT2D eigenvalue weighted by Crippen LogP contribution is -2.09. The van der Waals surface area contributed by atoms with Crippen LogP contribution in [0.25, 0.3) is 0 Å². The molecule has 0 spiro atoms. The standard InChI is InChI=1S/C22H26ClN5OS/c1-15-19(13-26-22-21(23)16(2)27-17(3)28-22)25-10-7-20(15)29-11-4-12-30-14-18-5-8-24-9-6-18/h5-10H,4,11-14H2,1-3H3,(H,26,27,28). The Bertz CT molecular complexity index is 971. The number of nitrogens with one attached hydrogen (secondary N) is 1. The lowest BCUT2D eigenvalue weighted by Gasteiger charge is -2.14. The number of thioether (sulfide) groups is 1. The zero-order valence-corrected chi connectivity index (χ0v) is 19.1. The molecular formula is C22H26ClN5OS. The third-order valence-electron chi connectivity index (χ3n) is 4.52. The van der Waals surface area contributed by atoms with Gasteiger partial charge < -0.3 is 10.1 Å². The predicted molar refractivity (Wildman–Crippen MR) is 123 cm³/mol. The number of ether oxygens (including phenoxy) is 1. The van der Waals surface area contributed by atoms with Gasteiger partial charge in [0.2, 0.25) is 0 Å². The van der Waals surface area contributed by atoms with E-state index in [0.717, 1.165) is 40.6 Å². The van der Waals surface area contributed by atoms with E-state index in [1.807, 2.05) is 51.0 Å². The first-order valence-electron chi connectivity index (χ1n) is 9.83. The van der Waals surface area contributed by atoms with Crippen molar-refractivity contribution in [1.29, 1.82) is 0 Å². The van der Waals surface area contributed by atoms with Crippen molar-refractivity contribution >= 4 is 29.2 Å². The first-order chi connectivity index (χ1) is 14.5. The van der Waals surface area contributed by atoms with Crippen molar-refractivity contribution in [3.8, 4) is 5.75 Å². The molecule has 1 N–H and O–H groups in total. The molecule has 3 aromatic heterocycles. The maximum Gasteiger partial charge on any atom is 0.149 e. The molecule has 8 heteroatoms. The molecule has 0 aliphatic rings. The van der Waals surface area contributed by atoms with Gasteiger partial charge in [-0.2, -0.15) is 11.8 Å². The minimum Gasteiger partial charge on any atom is -0.493 e. The van der Waals surface area contributed by atoms with Crippen LogP contribution < -0.4 is 10.1 Å². The molecule has 30 heavy (non-hydrogen) atoms. The van der Waals surface area contributed by atoms with Gasteiger partial charge in [0, 0.05) is 29.9 Å². The van der Waals surface area contributed by atoms with Crippen LogP contribution in [0, 0.1) is 20.8 Å². The zero-order chi connectivity index (χ0) is 21.3. The van der Waals surface area contributed by atoms with Crippen LogP contribution in [0.5, 0.6) is 5.75 Å². The molecule has 0 unspecified atom stereocenters. The average molecular weight is 444 g/mol. The summed E-state index contributed by atoms with van der Waals surface area (Å²) in [6.45, 7) is 6.94. The number of anilines is 1. The molecular weight excluding hydrogens is 418 g/mol. The fourth-order valence-corrected chi connectivity index (χ4v) is 3.94. The highest BCUT2D eigenvalue weighted by molar-refractivity contribution is 7.98. The lowest BCUT2D eigenvalue weighted by molar-refractivity contribution is 0.316. The van der Waals surface area contributed by atoms with Gasteiger partial charge in [-0.3, -0.25) is 9.97 Å². The van der Waals surface area contributed by atoms with Crippen LogP contribution in [0.2, 0.25) is 5.02 Å². The molecule has 0 bridgehead atoms. The second-order valence-corrected chi connectivity index (χ2v) is 8.35. The summed E-state index contributed by atoms with van der Waals surface area (Å²) < 4.78 is 6.00. The van der Waals surface area contributed by atoms with Crippen LogP contribution in [0.1, 0.15) is 34.8 Å². The SMILES string of the molecule is Cc1nc(C)c(Cl)c(NCc2nccc(OCCCSCc3ccncc3)c2C)n1. The number of aromatic nitrogens is 4. The Labute approximate surface area is 186 Å². The molecule has 0 saturated heterocycles. The van der Waals surface area contributed by atoms with Crippen molar-refractivity contribution in [3.05, 3.63) is 70.2 Å². The fraction of sp³-hybridized carbons (Fsp3) is 0.364. The van der Waals surface area contributed by atoms with E-state index < -0.39 is 0 Å². The summed E-state index contributed by atoms with van der Waals surface area (Å²) in [5.74, 6) is 4.22. The van der Waals surface area contributed by atoms with Crippen molar-refractivity contribution in [2.24, 2.45) is 0 Å². The highest BCUT2D eigenvalue weighted by Crippen LogP contribution is 2.24. The molecule has 0 atom stereocenters. The van der Waals surface area contributed by atoms with E-state index >= 15 is 0 Å². The molecule has 0 aliphatic carbocycles. The van der Waals surface area contributed by atoms with Gasteiger partial charge in [0.15, 0.2) is 0 Å². The van der Waals surface area contributed by atoms with Gasteiger partial charge in [-0.1, -0.05) is 11.6 Å². The van der Waals surface area contributed by atoms with Gasteiger partial charge in [0.05, 0.1) is 24.5 Å². The molecule has 0 amide bonds. The third kappa shape index (κ3) is 6.31. The van der Waals surface area contributed by atoms with Crippen LogP contribution in [0.4, 0.5) is 5.82 Å². The summed E-state index contributed by atoms with van der Waals surface area (Å²) in [4.78, 5) is 17.2. The van der Waals surface area contributed by atoms with Crippen LogP contribution >= 0.6 is 23.4 Å². The molecule has 6 nitrogen and oxygen atoms in total. The Morgan fingerprint density at radius 3 is 2.67 bits per heavy atom. The number of aryl methyl sites for hydroxylation is 2. The van der Waals surface area contributed by atoms with Crippen LogP contribution in [-0.4, -0.2) is 32.3 Å². The summed E-state index contributed by atoms with van der Waals surface area (Å²) in [5, 5.41) is 3.81. The van der Waals surface area contributed by atoms with E-state index in [2.05, 4.69) is 37.4 Å². The highest BCUT2D eigenvalue weighted by Gasteiger charge is 2.11. The molecule has 158 valence electrons. The van der Waals surface area contributed by atoms with Gasteiger partial charge in [-0.25, -0.2) is 9.97 Å². The summed E-state index contributed by atoms with van der Waals surface area (Å²) in [7, 11) is 0. The number of halogens is 1. The van der Waals surface area contributed by atoms with Gasteiger partial charge in [-0.15, -0.1) is 0 Å². The smallest absolute Gasteiger partial charge is 0.149 e. The number of nitrogens with zero attached hydrogens (tertiary/aromatic N) is 4. The normalized spacial score (nSPS) is 10.8.